The van der Waals surface area contributed by atoms with Gasteiger partial charge < -0.3 is 9.64 Å². The molecule has 1 saturated heterocycles. The van der Waals surface area contributed by atoms with E-state index in [1.54, 1.807) is 12.1 Å². The molecule has 1 aliphatic heterocycles. The summed E-state index contributed by atoms with van der Waals surface area (Å²) in [6.45, 7) is 5.24. The van der Waals surface area contributed by atoms with Crippen LogP contribution in [0.3, 0.4) is 0 Å². The molecule has 0 unspecified atom stereocenters. The van der Waals surface area contributed by atoms with Crippen molar-refractivity contribution in [2.45, 2.75) is 11.8 Å². The fourth-order valence-corrected chi connectivity index (χ4v) is 3.18. The Bertz CT molecular complexity index is 872. The number of ether oxygens (including phenoxy) is 1. The highest BCUT2D eigenvalue weighted by Crippen LogP contribution is 2.17. The number of primary sulfonamides is 1. The van der Waals surface area contributed by atoms with Crippen LogP contribution in [0.25, 0.3) is 0 Å². The topological polar surface area (TPSA) is 97.0 Å². The van der Waals surface area contributed by atoms with Gasteiger partial charge in [-0.15, -0.1) is 0 Å². The smallest absolute Gasteiger partial charge is 0.238 e. The molecule has 0 aliphatic carbocycles. The van der Waals surface area contributed by atoms with E-state index in [2.05, 4.69) is 27.6 Å². The summed E-state index contributed by atoms with van der Waals surface area (Å²) in [4.78, 5) is 2.37. The predicted molar refractivity (Wildman–Crippen MR) is 103 cm³/mol. The van der Waals surface area contributed by atoms with Gasteiger partial charge in [0.2, 0.25) is 10.0 Å². The Kier molecular flexibility index (Phi) is 5.55. The maximum absolute atomic E-state index is 11.3. The lowest BCUT2D eigenvalue weighted by molar-refractivity contribution is 0.122. The van der Waals surface area contributed by atoms with E-state index < -0.39 is 10.0 Å². The van der Waals surface area contributed by atoms with Crippen LogP contribution < -0.4 is 15.5 Å². The van der Waals surface area contributed by atoms with Crippen molar-refractivity contribution in [2.75, 3.05) is 36.6 Å². The van der Waals surface area contributed by atoms with Crippen LogP contribution in [0.5, 0.6) is 0 Å². The number of benzene rings is 2. The number of hydrogen-bond donors (Lipinski definition) is 2. The van der Waals surface area contributed by atoms with E-state index in [1.807, 2.05) is 19.1 Å². The van der Waals surface area contributed by atoms with Gasteiger partial charge in [0.25, 0.3) is 0 Å². The van der Waals surface area contributed by atoms with Gasteiger partial charge in [0.1, 0.15) is 0 Å². The van der Waals surface area contributed by atoms with Crippen molar-refractivity contribution < 1.29 is 13.2 Å². The highest BCUT2D eigenvalue weighted by atomic mass is 32.2. The number of rotatable bonds is 5. The van der Waals surface area contributed by atoms with Crippen LogP contribution in [0.15, 0.2) is 58.5 Å². The Morgan fingerprint density at radius 3 is 2.27 bits per heavy atom. The Hall–Kier alpha value is -2.42. The first-order valence-corrected chi connectivity index (χ1v) is 9.84. The quantitative estimate of drug-likeness (QED) is 0.616. The van der Waals surface area contributed by atoms with Crippen molar-refractivity contribution in [1.29, 1.82) is 0 Å². The van der Waals surface area contributed by atoms with Crippen LogP contribution in [-0.2, 0) is 14.8 Å². The largest absolute Gasteiger partial charge is 0.378 e. The van der Waals surface area contributed by atoms with Gasteiger partial charge in [0, 0.05) is 18.8 Å². The van der Waals surface area contributed by atoms with Crippen LogP contribution in [-0.4, -0.2) is 40.4 Å². The monoisotopic (exact) mass is 374 g/mol. The fraction of sp³-hybridized carbons (Fsp3) is 0.278. The van der Waals surface area contributed by atoms with Crippen LogP contribution >= 0.6 is 0 Å². The summed E-state index contributed by atoms with van der Waals surface area (Å²) in [6.07, 6.45) is 0. The third-order valence-electron chi connectivity index (χ3n) is 4.20. The van der Waals surface area contributed by atoms with Gasteiger partial charge in [-0.1, -0.05) is 12.1 Å². The Morgan fingerprint density at radius 2 is 1.69 bits per heavy atom. The average Bonchev–Trinajstić information content (AvgIpc) is 2.66. The molecule has 7 nitrogen and oxygen atoms in total. The third-order valence-corrected chi connectivity index (χ3v) is 5.13. The molecule has 0 atom stereocenters. The van der Waals surface area contributed by atoms with Crippen molar-refractivity contribution in [2.24, 2.45) is 10.2 Å². The number of hydrogen-bond acceptors (Lipinski definition) is 6. The van der Waals surface area contributed by atoms with E-state index in [4.69, 9.17) is 9.88 Å². The first kappa shape index (κ1) is 18.4. The highest BCUT2D eigenvalue weighted by Gasteiger charge is 2.11. The fourth-order valence-electron chi connectivity index (χ4n) is 2.67. The summed E-state index contributed by atoms with van der Waals surface area (Å²) in [6, 6.07) is 14.4. The summed E-state index contributed by atoms with van der Waals surface area (Å²) in [5.41, 5.74) is 6.62. The van der Waals surface area contributed by atoms with Crippen molar-refractivity contribution in [3.05, 3.63) is 54.1 Å². The number of nitrogens with zero attached hydrogens (tertiary/aromatic N) is 2. The molecule has 138 valence electrons. The van der Waals surface area contributed by atoms with Crippen LogP contribution in [0, 0.1) is 0 Å². The Labute approximate surface area is 153 Å². The SMILES string of the molecule is C/C(=N\Nc1ccc(S(N)(=O)=O)cc1)c1ccc(N2CCOCC2)cc1. The summed E-state index contributed by atoms with van der Waals surface area (Å²) >= 11 is 0. The minimum Gasteiger partial charge on any atom is -0.378 e. The second-order valence-electron chi connectivity index (χ2n) is 6.02. The zero-order valence-electron chi connectivity index (χ0n) is 14.6. The van der Waals surface area contributed by atoms with E-state index in [-0.39, 0.29) is 4.90 Å². The van der Waals surface area contributed by atoms with Gasteiger partial charge in [-0.05, 0) is 48.9 Å². The molecule has 1 fully saturated rings. The second-order valence-corrected chi connectivity index (χ2v) is 7.59. The van der Waals surface area contributed by atoms with E-state index >= 15 is 0 Å². The molecule has 2 aromatic carbocycles. The van der Waals surface area contributed by atoms with E-state index in [1.165, 1.54) is 17.8 Å². The molecule has 26 heavy (non-hydrogen) atoms. The zero-order chi connectivity index (χ0) is 18.6. The standard InChI is InChI=1S/C18H22N4O3S/c1-14(20-21-16-4-8-18(9-5-16)26(19,23)24)15-2-6-17(7-3-15)22-10-12-25-13-11-22/h2-9,21H,10-13H2,1H3,(H2,19,23,24)/b20-14+. The first-order valence-electron chi connectivity index (χ1n) is 8.30. The molecule has 0 spiro atoms. The van der Waals surface area contributed by atoms with Gasteiger partial charge in [-0.25, -0.2) is 13.6 Å². The molecular weight excluding hydrogens is 352 g/mol. The van der Waals surface area contributed by atoms with Gasteiger partial charge in [-0.2, -0.15) is 5.10 Å². The molecule has 1 heterocycles. The number of morpholine rings is 1. The first-order chi connectivity index (χ1) is 12.4. The van der Waals surface area contributed by atoms with Crippen LogP contribution in [0.1, 0.15) is 12.5 Å². The van der Waals surface area contributed by atoms with Crippen molar-refractivity contribution >= 4 is 27.1 Å². The summed E-state index contributed by atoms with van der Waals surface area (Å²) < 4.78 is 27.9. The second kappa shape index (κ2) is 7.86. The Morgan fingerprint density at radius 1 is 1.08 bits per heavy atom. The number of sulfonamides is 1. The predicted octanol–water partition coefficient (Wildman–Crippen LogP) is 2.01. The molecule has 1 aliphatic rings. The van der Waals surface area contributed by atoms with Crippen LogP contribution in [0.4, 0.5) is 11.4 Å². The molecule has 0 bridgehead atoms. The van der Waals surface area contributed by atoms with Gasteiger partial charge >= 0.3 is 0 Å². The lowest BCUT2D eigenvalue weighted by Crippen LogP contribution is -2.36. The molecule has 0 aromatic heterocycles. The molecule has 8 heteroatoms. The van der Waals surface area contributed by atoms with Crippen molar-refractivity contribution in [3.63, 3.8) is 0 Å². The molecule has 0 saturated carbocycles. The summed E-state index contributed by atoms with van der Waals surface area (Å²) in [5.74, 6) is 0. The minimum atomic E-state index is -3.68. The van der Waals surface area contributed by atoms with Gasteiger partial charge in [0.05, 0.1) is 29.5 Å². The Balaban J connectivity index is 1.65. The molecule has 2 aromatic rings. The number of anilines is 2. The lowest BCUT2D eigenvalue weighted by Gasteiger charge is -2.28. The molecule has 3 N–H and O–H groups in total. The number of hydrazone groups is 1. The normalized spacial score (nSPS) is 15.8. The number of nitrogens with two attached hydrogens (primary N) is 1. The van der Waals surface area contributed by atoms with Crippen LogP contribution in [0.2, 0.25) is 0 Å². The third kappa shape index (κ3) is 4.60. The molecular formula is C18H22N4O3S. The van der Waals surface area contributed by atoms with Gasteiger partial charge in [0.15, 0.2) is 0 Å². The molecule has 0 radical (unpaired) electrons. The van der Waals surface area contributed by atoms with E-state index in [9.17, 15) is 8.42 Å². The summed E-state index contributed by atoms with van der Waals surface area (Å²) in [5, 5.41) is 9.44. The highest BCUT2D eigenvalue weighted by molar-refractivity contribution is 7.89. The lowest BCUT2D eigenvalue weighted by atomic mass is 10.1. The van der Waals surface area contributed by atoms with Gasteiger partial charge in [-0.3, -0.25) is 5.43 Å². The average molecular weight is 374 g/mol. The maximum Gasteiger partial charge on any atom is 0.238 e. The molecule has 0 amide bonds. The maximum atomic E-state index is 11.3. The minimum absolute atomic E-state index is 0.0717. The molecule has 3 rings (SSSR count). The van der Waals surface area contributed by atoms with E-state index in [0.717, 1.165) is 37.6 Å². The van der Waals surface area contributed by atoms with Crippen molar-refractivity contribution in [3.8, 4) is 0 Å². The zero-order valence-corrected chi connectivity index (χ0v) is 15.4. The summed E-state index contributed by atoms with van der Waals surface area (Å²) in [7, 11) is -3.68. The van der Waals surface area contributed by atoms with Crippen molar-refractivity contribution in [1.82, 2.24) is 0 Å². The number of nitrogens with one attached hydrogen (secondary N) is 1. The van der Waals surface area contributed by atoms with E-state index in [0.29, 0.717) is 5.69 Å².